The number of esters is 1. The Balaban J connectivity index is 1.91. The van der Waals surface area contributed by atoms with Gasteiger partial charge in [-0.25, -0.2) is 0 Å². The highest BCUT2D eigenvalue weighted by molar-refractivity contribution is 5.98. The van der Waals surface area contributed by atoms with Gasteiger partial charge in [-0.1, -0.05) is 38.5 Å². The molecule has 3 fully saturated rings. The van der Waals surface area contributed by atoms with Crippen molar-refractivity contribution in [2.45, 2.75) is 76.0 Å². The Labute approximate surface area is 202 Å². The van der Waals surface area contributed by atoms with Crippen molar-refractivity contribution in [1.82, 2.24) is 9.80 Å². The number of hydrogen-bond acceptors (Lipinski definition) is 6. The molecule has 1 N–H and O–H groups in total. The van der Waals surface area contributed by atoms with Gasteiger partial charge in [-0.2, -0.15) is 0 Å². The molecule has 1 spiro atoms. The second-order valence-electron chi connectivity index (χ2n) is 9.57. The highest BCUT2D eigenvalue weighted by Gasteiger charge is 2.74. The lowest BCUT2D eigenvalue weighted by Crippen LogP contribution is -2.56. The molecule has 0 aliphatic carbocycles. The third kappa shape index (κ3) is 4.93. The molecule has 5 atom stereocenters. The number of amides is 2. The molecule has 2 bridgehead atoms. The van der Waals surface area contributed by atoms with Gasteiger partial charge in [0.25, 0.3) is 0 Å². The SMILES string of the molecule is C=CCOC(=O)[C@@H]1[C@@H]2CCC3(O2)C(C(=O)N(CC=C)CCCCC)N(CCCCCO)C(=O)[C@H]13. The van der Waals surface area contributed by atoms with E-state index in [0.29, 0.717) is 45.3 Å². The smallest absolute Gasteiger partial charge is 0.312 e. The largest absolute Gasteiger partial charge is 0.461 e. The number of likely N-dealkylation sites (tertiary alicyclic amines) is 1. The van der Waals surface area contributed by atoms with Crippen LogP contribution in [0.3, 0.4) is 0 Å². The molecular weight excluding hydrogens is 436 g/mol. The summed E-state index contributed by atoms with van der Waals surface area (Å²) in [6, 6.07) is -0.761. The van der Waals surface area contributed by atoms with Crippen LogP contribution in [0.1, 0.15) is 58.3 Å². The van der Waals surface area contributed by atoms with Crippen LogP contribution in [0.2, 0.25) is 0 Å². The first-order valence-corrected chi connectivity index (χ1v) is 12.7. The summed E-state index contributed by atoms with van der Waals surface area (Å²) in [6.45, 7) is 11.1. The van der Waals surface area contributed by atoms with Crippen molar-refractivity contribution in [3.63, 3.8) is 0 Å². The van der Waals surface area contributed by atoms with Gasteiger partial charge in [0.1, 0.15) is 18.2 Å². The molecule has 0 aromatic rings. The molecule has 2 amide bonds. The minimum atomic E-state index is -1.00. The summed E-state index contributed by atoms with van der Waals surface area (Å²) in [4.78, 5) is 44.1. The van der Waals surface area contributed by atoms with Gasteiger partial charge in [-0.3, -0.25) is 14.4 Å². The zero-order valence-electron chi connectivity index (χ0n) is 20.5. The fourth-order valence-corrected chi connectivity index (χ4v) is 5.92. The molecule has 34 heavy (non-hydrogen) atoms. The summed E-state index contributed by atoms with van der Waals surface area (Å²) in [5, 5.41) is 9.14. The number of rotatable bonds is 15. The number of carbonyl (C=O) groups is 3. The Morgan fingerprint density at radius 3 is 2.71 bits per heavy atom. The lowest BCUT2D eigenvalue weighted by atomic mass is 9.70. The molecule has 3 aliphatic rings. The Kier molecular flexibility index (Phi) is 9.31. The summed E-state index contributed by atoms with van der Waals surface area (Å²) in [6.07, 6.45) is 8.99. The number of nitrogens with zero attached hydrogens (tertiary/aromatic N) is 2. The van der Waals surface area contributed by atoms with E-state index in [1.54, 1.807) is 15.9 Å². The Bertz CT molecular complexity index is 770. The van der Waals surface area contributed by atoms with Gasteiger partial charge in [-0.15, -0.1) is 6.58 Å². The van der Waals surface area contributed by atoms with Crippen LogP contribution in [0.4, 0.5) is 0 Å². The summed E-state index contributed by atoms with van der Waals surface area (Å²) in [7, 11) is 0. The van der Waals surface area contributed by atoms with Gasteiger partial charge in [0.2, 0.25) is 11.8 Å². The molecule has 3 heterocycles. The summed E-state index contributed by atoms with van der Waals surface area (Å²) >= 11 is 0. The van der Waals surface area contributed by atoms with Crippen LogP contribution in [-0.4, -0.2) is 83.3 Å². The Hall–Kier alpha value is -2.19. The number of fused-ring (bicyclic) bond motifs is 1. The third-order valence-corrected chi connectivity index (χ3v) is 7.40. The fraction of sp³-hybridized carbons (Fsp3) is 0.731. The monoisotopic (exact) mass is 476 g/mol. The minimum absolute atomic E-state index is 0.0771. The number of unbranched alkanes of at least 4 members (excludes halogenated alkanes) is 4. The predicted molar refractivity (Wildman–Crippen MR) is 128 cm³/mol. The van der Waals surface area contributed by atoms with Crippen LogP contribution in [-0.2, 0) is 23.9 Å². The Morgan fingerprint density at radius 2 is 2.03 bits per heavy atom. The third-order valence-electron chi connectivity index (χ3n) is 7.40. The molecular formula is C26H40N2O6. The molecule has 8 heteroatoms. The second kappa shape index (κ2) is 12.0. The number of aliphatic hydroxyl groups excluding tert-OH is 1. The van der Waals surface area contributed by atoms with Gasteiger partial charge < -0.3 is 24.4 Å². The zero-order valence-corrected chi connectivity index (χ0v) is 20.5. The van der Waals surface area contributed by atoms with Crippen molar-refractivity contribution >= 4 is 17.8 Å². The average molecular weight is 477 g/mol. The molecule has 0 saturated carbocycles. The maximum atomic E-state index is 14.0. The van der Waals surface area contributed by atoms with E-state index in [4.69, 9.17) is 14.6 Å². The van der Waals surface area contributed by atoms with E-state index in [0.717, 1.165) is 25.7 Å². The number of aliphatic hydroxyl groups is 1. The first kappa shape index (κ1) is 26.4. The first-order valence-electron chi connectivity index (χ1n) is 12.7. The van der Waals surface area contributed by atoms with Crippen LogP contribution < -0.4 is 0 Å². The lowest BCUT2D eigenvalue weighted by Gasteiger charge is -2.36. The minimum Gasteiger partial charge on any atom is -0.461 e. The Morgan fingerprint density at radius 1 is 1.24 bits per heavy atom. The summed E-state index contributed by atoms with van der Waals surface area (Å²) in [5.41, 5.74) is -1.00. The maximum absolute atomic E-state index is 14.0. The van der Waals surface area contributed by atoms with E-state index in [-0.39, 0.29) is 25.0 Å². The van der Waals surface area contributed by atoms with Crippen molar-refractivity contribution in [1.29, 1.82) is 0 Å². The molecule has 3 saturated heterocycles. The predicted octanol–water partition coefficient (Wildman–Crippen LogP) is 2.46. The van der Waals surface area contributed by atoms with Crippen molar-refractivity contribution < 1.29 is 29.0 Å². The van der Waals surface area contributed by atoms with Gasteiger partial charge in [0.05, 0.1) is 17.9 Å². The van der Waals surface area contributed by atoms with E-state index >= 15 is 0 Å². The molecule has 8 nitrogen and oxygen atoms in total. The van der Waals surface area contributed by atoms with Crippen molar-refractivity contribution in [2.75, 3.05) is 32.8 Å². The fourth-order valence-electron chi connectivity index (χ4n) is 5.92. The molecule has 0 radical (unpaired) electrons. The van der Waals surface area contributed by atoms with Crippen molar-refractivity contribution in [2.24, 2.45) is 11.8 Å². The zero-order chi connectivity index (χ0) is 24.7. The second-order valence-corrected chi connectivity index (χ2v) is 9.57. The van der Waals surface area contributed by atoms with Crippen LogP contribution in [0.15, 0.2) is 25.3 Å². The van der Waals surface area contributed by atoms with Crippen molar-refractivity contribution in [3.8, 4) is 0 Å². The number of hydrogen-bond donors (Lipinski definition) is 1. The van der Waals surface area contributed by atoms with Crippen LogP contribution >= 0.6 is 0 Å². The molecule has 3 rings (SSSR count). The molecule has 3 aliphatic heterocycles. The molecule has 0 aromatic heterocycles. The summed E-state index contributed by atoms with van der Waals surface area (Å²) < 4.78 is 11.7. The molecule has 0 aromatic carbocycles. The standard InChI is InChI=1S/C26H40N2O6/c1-4-7-9-15-27(14-5-2)24(31)22-26-13-12-19(34-26)20(25(32)33-18-6-3)21(26)23(30)28(22)16-10-8-11-17-29/h5-6,19-22,29H,2-4,7-18H2,1H3/t19-,20+,21-,22?,26?/m0/s1. The highest BCUT2D eigenvalue weighted by atomic mass is 16.6. The van der Waals surface area contributed by atoms with Crippen molar-refractivity contribution in [3.05, 3.63) is 25.3 Å². The number of carbonyl (C=O) groups excluding carboxylic acids is 3. The molecule has 2 unspecified atom stereocenters. The normalized spacial score (nSPS) is 29.2. The summed E-state index contributed by atoms with van der Waals surface area (Å²) in [5.74, 6) is -2.19. The first-order chi connectivity index (χ1) is 16.5. The van der Waals surface area contributed by atoms with E-state index in [2.05, 4.69) is 20.1 Å². The highest BCUT2D eigenvalue weighted by Crippen LogP contribution is 2.58. The van der Waals surface area contributed by atoms with E-state index in [1.165, 1.54) is 6.08 Å². The van der Waals surface area contributed by atoms with E-state index < -0.39 is 35.6 Å². The van der Waals surface area contributed by atoms with Crippen LogP contribution in [0, 0.1) is 11.8 Å². The van der Waals surface area contributed by atoms with Gasteiger partial charge >= 0.3 is 5.97 Å². The van der Waals surface area contributed by atoms with Crippen LogP contribution in [0.5, 0.6) is 0 Å². The van der Waals surface area contributed by atoms with Gasteiger partial charge in [0, 0.05) is 26.2 Å². The number of ether oxygens (including phenoxy) is 2. The van der Waals surface area contributed by atoms with Gasteiger partial charge in [0.15, 0.2) is 0 Å². The lowest BCUT2D eigenvalue weighted by molar-refractivity contribution is -0.154. The quantitative estimate of drug-likeness (QED) is 0.222. The average Bonchev–Trinajstić information content (AvgIpc) is 3.47. The van der Waals surface area contributed by atoms with E-state index in [1.807, 2.05) is 0 Å². The van der Waals surface area contributed by atoms with Gasteiger partial charge in [-0.05, 0) is 38.5 Å². The van der Waals surface area contributed by atoms with E-state index in [9.17, 15) is 14.4 Å². The molecule has 190 valence electrons. The van der Waals surface area contributed by atoms with Crippen LogP contribution in [0.25, 0.3) is 0 Å². The topological polar surface area (TPSA) is 96.4 Å². The maximum Gasteiger partial charge on any atom is 0.312 e.